The number of fused-ring (bicyclic) bond motifs is 1. The summed E-state index contributed by atoms with van der Waals surface area (Å²) in [6.45, 7) is 0. The Labute approximate surface area is 110 Å². The number of rotatable bonds is 3. The van der Waals surface area contributed by atoms with Crippen molar-refractivity contribution < 1.29 is 9.59 Å². The summed E-state index contributed by atoms with van der Waals surface area (Å²) in [5, 5.41) is 5.44. The maximum absolute atomic E-state index is 11.9. The smallest absolute Gasteiger partial charge is 0.238 e. The average Bonchev–Trinajstić information content (AvgIpc) is 3.14. The third kappa shape index (κ3) is 2.51. The van der Waals surface area contributed by atoms with E-state index in [-0.39, 0.29) is 23.5 Å². The fourth-order valence-corrected chi connectivity index (χ4v) is 3.02. The summed E-state index contributed by atoms with van der Waals surface area (Å²) in [6.07, 6.45) is 2.39. The standard InChI is InChI=1S/C13H14N2O2S/c16-12(14-8-5-6-8)7-11-13(17)15-9-3-1-2-4-10(9)18-11/h1-4,8,11H,5-7H2,(H,14,16)(H,15,17)/t11-/m0/s1. The van der Waals surface area contributed by atoms with Crippen LogP contribution in [0.25, 0.3) is 0 Å². The van der Waals surface area contributed by atoms with Crippen LogP contribution in [-0.4, -0.2) is 23.1 Å². The predicted molar refractivity (Wildman–Crippen MR) is 70.5 cm³/mol. The zero-order valence-corrected chi connectivity index (χ0v) is 10.6. The molecule has 4 nitrogen and oxygen atoms in total. The molecule has 0 bridgehead atoms. The molecule has 0 spiro atoms. The first-order valence-electron chi connectivity index (χ1n) is 6.08. The number of carbonyl (C=O) groups excluding carboxylic acids is 2. The van der Waals surface area contributed by atoms with Gasteiger partial charge in [0.25, 0.3) is 0 Å². The largest absolute Gasteiger partial charge is 0.353 e. The number of thioether (sulfide) groups is 1. The Balaban J connectivity index is 1.66. The van der Waals surface area contributed by atoms with Gasteiger partial charge in [0.2, 0.25) is 11.8 Å². The van der Waals surface area contributed by atoms with Gasteiger partial charge >= 0.3 is 0 Å². The minimum Gasteiger partial charge on any atom is -0.353 e. The van der Waals surface area contributed by atoms with Crippen LogP contribution in [0.1, 0.15) is 19.3 Å². The molecule has 3 rings (SSSR count). The van der Waals surface area contributed by atoms with E-state index in [1.807, 2.05) is 24.3 Å². The highest BCUT2D eigenvalue weighted by atomic mass is 32.2. The van der Waals surface area contributed by atoms with Gasteiger partial charge in [0, 0.05) is 17.4 Å². The van der Waals surface area contributed by atoms with Gasteiger partial charge in [-0.05, 0) is 25.0 Å². The Morgan fingerprint density at radius 3 is 2.94 bits per heavy atom. The van der Waals surface area contributed by atoms with Crippen LogP contribution in [0.4, 0.5) is 5.69 Å². The molecule has 1 fully saturated rings. The summed E-state index contributed by atoms with van der Waals surface area (Å²) < 4.78 is 0. The molecule has 1 aromatic rings. The molecule has 1 heterocycles. The van der Waals surface area contributed by atoms with E-state index in [4.69, 9.17) is 0 Å². The number of hydrogen-bond donors (Lipinski definition) is 2. The lowest BCUT2D eigenvalue weighted by atomic mass is 10.2. The molecule has 94 valence electrons. The van der Waals surface area contributed by atoms with E-state index in [0.29, 0.717) is 6.04 Å². The number of anilines is 1. The molecule has 0 radical (unpaired) electrons. The van der Waals surface area contributed by atoms with E-state index >= 15 is 0 Å². The van der Waals surface area contributed by atoms with E-state index in [2.05, 4.69) is 10.6 Å². The molecular formula is C13H14N2O2S. The molecule has 1 aromatic carbocycles. The highest BCUT2D eigenvalue weighted by Crippen LogP contribution is 2.36. The van der Waals surface area contributed by atoms with Crippen LogP contribution < -0.4 is 10.6 Å². The Morgan fingerprint density at radius 1 is 1.39 bits per heavy atom. The third-order valence-corrected chi connectivity index (χ3v) is 4.30. The quantitative estimate of drug-likeness (QED) is 0.872. The molecule has 1 saturated carbocycles. The number of hydrogen-bond acceptors (Lipinski definition) is 3. The number of carbonyl (C=O) groups is 2. The molecule has 0 aromatic heterocycles. The average molecular weight is 262 g/mol. The second-order valence-electron chi connectivity index (χ2n) is 4.64. The van der Waals surface area contributed by atoms with Crippen LogP contribution >= 0.6 is 11.8 Å². The van der Waals surface area contributed by atoms with Gasteiger partial charge in [-0.1, -0.05) is 12.1 Å². The van der Waals surface area contributed by atoms with Crippen LogP contribution in [0.3, 0.4) is 0 Å². The summed E-state index contributed by atoms with van der Waals surface area (Å²) >= 11 is 1.47. The minimum absolute atomic E-state index is 0.0236. The maximum Gasteiger partial charge on any atom is 0.238 e. The summed E-state index contributed by atoms with van der Waals surface area (Å²) in [6, 6.07) is 8.01. The third-order valence-electron chi connectivity index (χ3n) is 3.02. The first kappa shape index (κ1) is 11.6. The zero-order valence-electron chi connectivity index (χ0n) is 9.81. The van der Waals surface area contributed by atoms with Crippen molar-refractivity contribution in [2.45, 2.75) is 35.4 Å². The normalized spacial score (nSPS) is 22.0. The molecule has 2 amide bonds. The second-order valence-corrected chi connectivity index (χ2v) is 5.88. The molecule has 1 aliphatic carbocycles. The van der Waals surface area contributed by atoms with Crippen molar-refractivity contribution in [2.75, 3.05) is 5.32 Å². The molecule has 1 atom stereocenters. The Morgan fingerprint density at radius 2 is 2.17 bits per heavy atom. The van der Waals surface area contributed by atoms with Crippen LogP contribution in [0.15, 0.2) is 29.2 Å². The molecule has 18 heavy (non-hydrogen) atoms. The molecule has 0 saturated heterocycles. The Kier molecular flexibility index (Phi) is 2.99. The summed E-state index contributed by atoms with van der Waals surface area (Å²) in [7, 11) is 0. The lowest BCUT2D eigenvalue weighted by molar-refractivity contribution is -0.124. The Bertz CT molecular complexity index is 500. The fourth-order valence-electron chi connectivity index (χ4n) is 1.91. The highest BCUT2D eigenvalue weighted by Gasteiger charge is 2.30. The zero-order chi connectivity index (χ0) is 12.5. The van der Waals surface area contributed by atoms with E-state index in [9.17, 15) is 9.59 Å². The van der Waals surface area contributed by atoms with Gasteiger partial charge in [0.15, 0.2) is 0 Å². The van der Waals surface area contributed by atoms with Crippen molar-refractivity contribution in [3.05, 3.63) is 24.3 Å². The summed E-state index contributed by atoms with van der Waals surface area (Å²) in [5.41, 5.74) is 0.839. The van der Waals surface area contributed by atoms with Crippen LogP contribution in [0.2, 0.25) is 0 Å². The number of amides is 2. The maximum atomic E-state index is 11.9. The molecule has 2 N–H and O–H groups in total. The molecule has 2 aliphatic rings. The molecular weight excluding hydrogens is 248 g/mol. The predicted octanol–water partition coefficient (Wildman–Crippen LogP) is 1.77. The van der Waals surface area contributed by atoms with Crippen LogP contribution in [0.5, 0.6) is 0 Å². The van der Waals surface area contributed by atoms with Gasteiger partial charge in [-0.3, -0.25) is 9.59 Å². The van der Waals surface area contributed by atoms with Gasteiger partial charge in [0.05, 0.1) is 10.9 Å². The van der Waals surface area contributed by atoms with Gasteiger partial charge in [-0.15, -0.1) is 11.8 Å². The lowest BCUT2D eigenvalue weighted by Crippen LogP contribution is -2.35. The van der Waals surface area contributed by atoms with E-state index in [1.54, 1.807) is 0 Å². The van der Waals surface area contributed by atoms with Crippen molar-refractivity contribution in [3.63, 3.8) is 0 Å². The first-order valence-corrected chi connectivity index (χ1v) is 6.96. The highest BCUT2D eigenvalue weighted by molar-refractivity contribution is 8.01. The van der Waals surface area contributed by atoms with Gasteiger partial charge in [0.1, 0.15) is 0 Å². The van der Waals surface area contributed by atoms with Crippen molar-refractivity contribution in [3.8, 4) is 0 Å². The van der Waals surface area contributed by atoms with Gasteiger partial charge in [-0.25, -0.2) is 0 Å². The molecule has 0 unspecified atom stereocenters. The first-order chi connectivity index (χ1) is 8.72. The van der Waals surface area contributed by atoms with Crippen molar-refractivity contribution in [2.24, 2.45) is 0 Å². The topological polar surface area (TPSA) is 58.2 Å². The van der Waals surface area contributed by atoms with Crippen molar-refractivity contribution >= 4 is 29.3 Å². The molecule has 5 heteroatoms. The fraction of sp³-hybridized carbons (Fsp3) is 0.385. The minimum atomic E-state index is -0.321. The number of nitrogens with one attached hydrogen (secondary N) is 2. The van der Waals surface area contributed by atoms with Gasteiger partial charge < -0.3 is 10.6 Å². The van der Waals surface area contributed by atoms with Crippen molar-refractivity contribution in [1.82, 2.24) is 5.32 Å². The van der Waals surface area contributed by atoms with Crippen LogP contribution in [0, 0.1) is 0 Å². The van der Waals surface area contributed by atoms with E-state index in [1.165, 1.54) is 11.8 Å². The van der Waals surface area contributed by atoms with Crippen LogP contribution in [-0.2, 0) is 9.59 Å². The summed E-state index contributed by atoms with van der Waals surface area (Å²) in [5.74, 6) is -0.103. The molecule has 1 aliphatic heterocycles. The SMILES string of the molecule is O=C(C[C@@H]1Sc2ccccc2NC1=O)NC1CC1. The second kappa shape index (κ2) is 4.65. The Hall–Kier alpha value is -1.49. The monoisotopic (exact) mass is 262 g/mol. The number of benzene rings is 1. The van der Waals surface area contributed by atoms with E-state index < -0.39 is 0 Å². The van der Waals surface area contributed by atoms with E-state index in [0.717, 1.165) is 23.4 Å². The number of para-hydroxylation sites is 1. The van der Waals surface area contributed by atoms with Gasteiger partial charge in [-0.2, -0.15) is 0 Å². The summed E-state index contributed by atoms with van der Waals surface area (Å²) in [4.78, 5) is 24.6. The van der Waals surface area contributed by atoms with Crippen molar-refractivity contribution in [1.29, 1.82) is 0 Å². The lowest BCUT2D eigenvalue weighted by Gasteiger charge is -2.23.